The smallest absolute Gasteiger partial charge is 0.234 e. The molecule has 8 heteroatoms. The van der Waals surface area contributed by atoms with Gasteiger partial charge in [0, 0.05) is 6.92 Å². The van der Waals surface area contributed by atoms with Gasteiger partial charge >= 0.3 is 0 Å². The highest BCUT2D eigenvalue weighted by atomic mass is 35.5. The number of amides is 1. The minimum atomic E-state index is -0.194. The molecule has 3 aromatic rings. The number of halogens is 1. The fourth-order valence-corrected chi connectivity index (χ4v) is 1.97. The molecule has 2 aromatic heterocycles. The first-order valence-corrected chi connectivity index (χ1v) is 6.42. The van der Waals surface area contributed by atoms with Gasteiger partial charge in [0.25, 0.3) is 0 Å². The van der Waals surface area contributed by atoms with Crippen molar-refractivity contribution in [1.29, 1.82) is 0 Å². The van der Waals surface area contributed by atoms with Gasteiger partial charge in [0.2, 0.25) is 17.1 Å². The van der Waals surface area contributed by atoms with Gasteiger partial charge in [-0.25, -0.2) is 0 Å². The maximum atomic E-state index is 11.2. The molecule has 2 N–H and O–H groups in total. The van der Waals surface area contributed by atoms with Crippen LogP contribution in [0.2, 0.25) is 5.28 Å². The summed E-state index contributed by atoms with van der Waals surface area (Å²) in [5.41, 5.74) is 1.01. The number of hydrogen-bond acceptors (Lipinski definition) is 5. The van der Waals surface area contributed by atoms with Crippen LogP contribution in [0.15, 0.2) is 30.5 Å². The second-order valence-electron chi connectivity index (χ2n) is 4.21. The molecule has 106 valence electrons. The quantitative estimate of drug-likeness (QED) is 0.726. The molecule has 0 bridgehead atoms. The summed E-state index contributed by atoms with van der Waals surface area (Å²) in [7, 11) is 0. The van der Waals surface area contributed by atoms with Crippen LogP contribution in [-0.4, -0.2) is 26.1 Å². The molecule has 0 atom stereocenters. The van der Waals surface area contributed by atoms with Crippen molar-refractivity contribution in [3.8, 4) is 11.6 Å². The molecule has 0 aliphatic carbocycles. The lowest BCUT2D eigenvalue weighted by Crippen LogP contribution is -2.07. The molecule has 21 heavy (non-hydrogen) atoms. The highest BCUT2D eigenvalue weighted by molar-refractivity contribution is 6.28. The zero-order valence-electron chi connectivity index (χ0n) is 10.9. The van der Waals surface area contributed by atoms with Crippen LogP contribution in [0.5, 0.6) is 11.6 Å². The third-order valence-corrected chi connectivity index (χ3v) is 2.82. The van der Waals surface area contributed by atoms with Crippen molar-refractivity contribution < 1.29 is 9.53 Å². The van der Waals surface area contributed by atoms with E-state index in [1.165, 1.54) is 6.92 Å². The molecule has 3 rings (SSSR count). The summed E-state index contributed by atoms with van der Waals surface area (Å²) in [6.45, 7) is 1.42. The van der Waals surface area contributed by atoms with Gasteiger partial charge in [-0.3, -0.25) is 9.89 Å². The van der Waals surface area contributed by atoms with Crippen LogP contribution >= 0.6 is 11.6 Å². The van der Waals surface area contributed by atoms with E-state index in [1.54, 1.807) is 30.5 Å². The summed E-state index contributed by atoms with van der Waals surface area (Å²) in [6.07, 6.45) is 1.54. The Labute approximate surface area is 124 Å². The van der Waals surface area contributed by atoms with Crippen LogP contribution in [0.3, 0.4) is 0 Å². The number of hydrogen-bond donors (Lipinski definition) is 2. The standard InChI is InChI=1S/C13H10ClN5O2/c1-7(20)16-9-4-2-3-5-10(9)21-12-8-6-15-19-11(8)17-13(14)18-12/h2-6H,1H3,(H,16,20)(H,15,17,18,19). The predicted molar refractivity (Wildman–Crippen MR) is 77.5 cm³/mol. The van der Waals surface area contributed by atoms with Crippen LogP contribution in [-0.2, 0) is 4.79 Å². The molecule has 0 saturated carbocycles. The van der Waals surface area contributed by atoms with Crippen molar-refractivity contribution in [2.75, 3.05) is 5.32 Å². The Morgan fingerprint density at radius 1 is 1.33 bits per heavy atom. The second kappa shape index (κ2) is 5.37. The number of carbonyl (C=O) groups excluding carboxylic acids is 1. The Kier molecular flexibility index (Phi) is 3.41. The number of nitrogens with zero attached hydrogens (tertiary/aromatic N) is 3. The summed E-state index contributed by atoms with van der Waals surface area (Å²) >= 11 is 5.85. The van der Waals surface area contributed by atoms with Crippen LogP contribution in [0.25, 0.3) is 11.0 Å². The zero-order valence-corrected chi connectivity index (χ0v) is 11.7. The van der Waals surface area contributed by atoms with E-state index in [0.717, 1.165) is 0 Å². The largest absolute Gasteiger partial charge is 0.436 e. The Morgan fingerprint density at radius 2 is 2.14 bits per heavy atom. The van der Waals surface area contributed by atoms with Gasteiger partial charge in [0.15, 0.2) is 11.4 Å². The Balaban J connectivity index is 2.02. The molecular weight excluding hydrogens is 294 g/mol. The fraction of sp³-hybridized carbons (Fsp3) is 0.0769. The van der Waals surface area contributed by atoms with E-state index in [-0.39, 0.29) is 17.1 Å². The van der Waals surface area contributed by atoms with Gasteiger partial charge in [-0.2, -0.15) is 15.1 Å². The van der Waals surface area contributed by atoms with E-state index in [0.29, 0.717) is 22.5 Å². The van der Waals surface area contributed by atoms with E-state index < -0.39 is 0 Å². The monoisotopic (exact) mass is 303 g/mol. The summed E-state index contributed by atoms with van der Waals surface area (Å²) < 4.78 is 5.75. The summed E-state index contributed by atoms with van der Waals surface area (Å²) in [4.78, 5) is 19.3. The number of nitrogens with one attached hydrogen (secondary N) is 2. The molecule has 0 spiro atoms. The maximum Gasteiger partial charge on any atom is 0.234 e. The minimum Gasteiger partial charge on any atom is -0.436 e. The second-order valence-corrected chi connectivity index (χ2v) is 4.55. The summed E-state index contributed by atoms with van der Waals surface area (Å²) in [5, 5.41) is 9.90. The number of ether oxygens (including phenoxy) is 1. The van der Waals surface area contributed by atoms with Gasteiger partial charge in [-0.1, -0.05) is 12.1 Å². The highest BCUT2D eigenvalue weighted by Gasteiger charge is 2.13. The number of aromatic amines is 1. The molecule has 0 aliphatic rings. The lowest BCUT2D eigenvalue weighted by Gasteiger charge is -2.10. The van der Waals surface area contributed by atoms with E-state index in [4.69, 9.17) is 16.3 Å². The van der Waals surface area contributed by atoms with E-state index in [1.807, 2.05) is 0 Å². The van der Waals surface area contributed by atoms with Crippen molar-refractivity contribution in [2.45, 2.75) is 6.92 Å². The van der Waals surface area contributed by atoms with Crippen LogP contribution in [0.1, 0.15) is 6.92 Å². The lowest BCUT2D eigenvalue weighted by molar-refractivity contribution is -0.114. The Hall–Kier alpha value is -2.67. The van der Waals surface area contributed by atoms with Crippen molar-refractivity contribution in [3.05, 3.63) is 35.7 Å². The van der Waals surface area contributed by atoms with Crippen LogP contribution < -0.4 is 10.1 Å². The average Bonchev–Trinajstić information content (AvgIpc) is 2.88. The number of rotatable bonds is 3. The first-order chi connectivity index (χ1) is 10.1. The van der Waals surface area contributed by atoms with Gasteiger partial charge in [-0.15, -0.1) is 0 Å². The summed E-state index contributed by atoms with van der Waals surface area (Å²) in [6, 6.07) is 7.02. The maximum absolute atomic E-state index is 11.2. The fourth-order valence-electron chi connectivity index (χ4n) is 1.81. The van der Waals surface area contributed by atoms with E-state index in [9.17, 15) is 4.79 Å². The topological polar surface area (TPSA) is 92.8 Å². The van der Waals surface area contributed by atoms with E-state index in [2.05, 4.69) is 25.5 Å². The van der Waals surface area contributed by atoms with Crippen LogP contribution in [0, 0.1) is 0 Å². The molecular formula is C13H10ClN5O2. The van der Waals surface area contributed by atoms with E-state index >= 15 is 0 Å². The molecule has 2 heterocycles. The number of anilines is 1. The van der Waals surface area contributed by atoms with Crippen molar-refractivity contribution in [2.24, 2.45) is 0 Å². The van der Waals surface area contributed by atoms with Gasteiger partial charge in [-0.05, 0) is 23.7 Å². The van der Waals surface area contributed by atoms with Gasteiger partial charge < -0.3 is 10.1 Å². The molecule has 0 saturated heterocycles. The SMILES string of the molecule is CC(=O)Nc1ccccc1Oc1nc(Cl)nc2[nH]ncc12. The molecule has 1 amide bonds. The lowest BCUT2D eigenvalue weighted by atomic mass is 10.3. The summed E-state index contributed by atoms with van der Waals surface area (Å²) in [5.74, 6) is 0.516. The number of aromatic nitrogens is 4. The number of benzene rings is 1. The number of H-pyrrole nitrogens is 1. The molecule has 0 radical (unpaired) electrons. The van der Waals surface area contributed by atoms with Gasteiger partial charge in [0.05, 0.1) is 11.9 Å². The minimum absolute atomic E-state index is 0.0405. The van der Waals surface area contributed by atoms with Crippen LogP contribution in [0.4, 0.5) is 5.69 Å². The molecule has 1 aromatic carbocycles. The first-order valence-electron chi connectivity index (χ1n) is 6.04. The third-order valence-electron chi connectivity index (χ3n) is 2.65. The molecule has 7 nitrogen and oxygen atoms in total. The normalized spacial score (nSPS) is 10.6. The predicted octanol–water partition coefficient (Wildman–Crippen LogP) is 2.76. The molecule has 0 aliphatic heterocycles. The van der Waals surface area contributed by atoms with Crippen molar-refractivity contribution >= 4 is 34.2 Å². The van der Waals surface area contributed by atoms with Crippen molar-refractivity contribution in [3.63, 3.8) is 0 Å². The average molecular weight is 304 g/mol. The zero-order chi connectivity index (χ0) is 14.8. The number of fused-ring (bicyclic) bond motifs is 1. The number of para-hydroxylation sites is 2. The van der Waals surface area contributed by atoms with Crippen molar-refractivity contribution in [1.82, 2.24) is 20.2 Å². The molecule has 0 unspecified atom stereocenters. The Morgan fingerprint density at radius 3 is 2.95 bits per heavy atom. The van der Waals surface area contributed by atoms with Gasteiger partial charge in [0.1, 0.15) is 5.39 Å². The highest BCUT2D eigenvalue weighted by Crippen LogP contribution is 2.32. The number of carbonyl (C=O) groups is 1. The Bertz CT molecular complexity index is 817. The molecule has 0 fully saturated rings. The third kappa shape index (κ3) is 2.77. The first kappa shape index (κ1) is 13.3.